The van der Waals surface area contributed by atoms with Gasteiger partial charge in [-0.15, -0.1) is 0 Å². The first-order valence-electron chi connectivity index (χ1n) is 9.42. The molecule has 138 valence electrons. The molecule has 0 aliphatic carbocycles. The molecule has 7 nitrogen and oxygen atoms in total. The number of carbonyl (C=O) groups excluding carboxylic acids is 2. The van der Waals surface area contributed by atoms with E-state index in [1.165, 1.54) is 0 Å². The summed E-state index contributed by atoms with van der Waals surface area (Å²) in [6, 6.07) is 7.03. The summed E-state index contributed by atoms with van der Waals surface area (Å²) in [7, 11) is 0. The van der Waals surface area contributed by atoms with Crippen molar-refractivity contribution in [3.63, 3.8) is 0 Å². The number of nitrogens with two attached hydrogens (primary N) is 1. The maximum Gasteiger partial charge on any atom is 0.325 e. The van der Waals surface area contributed by atoms with Crippen LogP contribution in [0.1, 0.15) is 32.6 Å². The second-order valence-corrected chi connectivity index (χ2v) is 7.08. The summed E-state index contributed by atoms with van der Waals surface area (Å²) >= 11 is 0. The average molecular weight is 355 g/mol. The van der Waals surface area contributed by atoms with Gasteiger partial charge in [-0.05, 0) is 43.5 Å². The van der Waals surface area contributed by atoms with Crippen LogP contribution in [0.15, 0.2) is 29.3 Å². The molecule has 1 unspecified atom stereocenters. The highest BCUT2D eigenvalue weighted by Gasteiger charge is 2.51. The predicted molar refractivity (Wildman–Crippen MR) is 102 cm³/mol. The number of primary amides is 1. The summed E-state index contributed by atoms with van der Waals surface area (Å²) in [6.07, 6.45) is 3.70. The normalized spacial score (nSPS) is 25.5. The first kappa shape index (κ1) is 16.9. The lowest BCUT2D eigenvalue weighted by atomic mass is 10.1. The van der Waals surface area contributed by atoms with Gasteiger partial charge in [0.1, 0.15) is 11.9 Å². The van der Waals surface area contributed by atoms with Gasteiger partial charge in [0.05, 0.1) is 6.04 Å². The Hall–Kier alpha value is -2.57. The summed E-state index contributed by atoms with van der Waals surface area (Å²) in [5.41, 5.74) is 7.44. The Morgan fingerprint density at radius 3 is 2.62 bits per heavy atom. The van der Waals surface area contributed by atoms with Crippen LogP contribution < -0.4 is 15.5 Å². The van der Waals surface area contributed by atoms with Gasteiger partial charge < -0.3 is 15.5 Å². The number of carbonyl (C=O) groups is 2. The Morgan fingerprint density at radius 1 is 1.19 bits per heavy atom. The van der Waals surface area contributed by atoms with E-state index in [0.29, 0.717) is 6.54 Å². The van der Waals surface area contributed by atoms with E-state index >= 15 is 0 Å². The summed E-state index contributed by atoms with van der Waals surface area (Å²) in [5.74, 6) is 0.658. The van der Waals surface area contributed by atoms with E-state index in [1.54, 1.807) is 9.80 Å². The van der Waals surface area contributed by atoms with E-state index in [-0.39, 0.29) is 12.1 Å². The number of aliphatic imine (C=N–C) groups is 1. The van der Waals surface area contributed by atoms with Crippen LogP contribution in [0, 0.1) is 0 Å². The van der Waals surface area contributed by atoms with Crippen molar-refractivity contribution in [2.24, 2.45) is 10.7 Å². The fourth-order valence-corrected chi connectivity index (χ4v) is 4.40. The van der Waals surface area contributed by atoms with Crippen LogP contribution in [0.3, 0.4) is 0 Å². The highest BCUT2D eigenvalue weighted by Crippen LogP contribution is 2.35. The van der Waals surface area contributed by atoms with Crippen molar-refractivity contribution < 1.29 is 9.59 Å². The number of amidine groups is 1. The lowest BCUT2D eigenvalue weighted by Crippen LogP contribution is -2.46. The van der Waals surface area contributed by atoms with Gasteiger partial charge in [-0.2, -0.15) is 0 Å². The molecule has 4 rings (SSSR count). The highest BCUT2D eigenvalue weighted by atomic mass is 16.2. The Balaban J connectivity index is 1.62. The monoisotopic (exact) mass is 355 g/mol. The molecule has 2 N–H and O–H groups in total. The Bertz CT molecular complexity index is 745. The van der Waals surface area contributed by atoms with Crippen molar-refractivity contribution in [3.05, 3.63) is 24.3 Å². The van der Waals surface area contributed by atoms with Gasteiger partial charge >= 0.3 is 6.03 Å². The fourth-order valence-electron chi connectivity index (χ4n) is 4.40. The van der Waals surface area contributed by atoms with Gasteiger partial charge in [0.25, 0.3) is 0 Å². The zero-order valence-corrected chi connectivity index (χ0v) is 15.1. The molecule has 0 aromatic heterocycles. The smallest absolute Gasteiger partial charge is 0.325 e. The van der Waals surface area contributed by atoms with Crippen molar-refractivity contribution in [2.45, 2.75) is 44.7 Å². The Morgan fingerprint density at radius 2 is 1.92 bits per heavy atom. The maximum absolute atomic E-state index is 12.8. The predicted octanol–water partition coefficient (Wildman–Crippen LogP) is 1.96. The number of hydrogen-bond donors (Lipinski definition) is 1. The van der Waals surface area contributed by atoms with Gasteiger partial charge in [-0.1, -0.05) is 6.92 Å². The minimum atomic E-state index is -0.585. The highest BCUT2D eigenvalue weighted by molar-refractivity contribution is 6.04. The lowest BCUT2D eigenvalue weighted by molar-refractivity contribution is -0.119. The van der Waals surface area contributed by atoms with Crippen molar-refractivity contribution in [2.75, 3.05) is 29.4 Å². The summed E-state index contributed by atoms with van der Waals surface area (Å²) in [6.45, 7) is 4.65. The van der Waals surface area contributed by atoms with E-state index in [1.807, 2.05) is 24.3 Å². The van der Waals surface area contributed by atoms with E-state index in [9.17, 15) is 9.59 Å². The molecular weight excluding hydrogens is 330 g/mol. The number of benzene rings is 1. The number of anilines is 2. The third-order valence-electron chi connectivity index (χ3n) is 5.59. The number of urea groups is 1. The summed E-state index contributed by atoms with van der Waals surface area (Å²) < 4.78 is 0. The third kappa shape index (κ3) is 2.62. The second kappa shape index (κ2) is 6.63. The molecule has 2 saturated heterocycles. The molecule has 2 fully saturated rings. The molecule has 0 bridgehead atoms. The van der Waals surface area contributed by atoms with Crippen molar-refractivity contribution in [1.29, 1.82) is 0 Å². The van der Waals surface area contributed by atoms with Crippen molar-refractivity contribution >= 4 is 29.1 Å². The summed E-state index contributed by atoms with van der Waals surface area (Å²) in [4.78, 5) is 35.0. The lowest BCUT2D eigenvalue weighted by Gasteiger charge is -2.30. The van der Waals surface area contributed by atoms with Crippen LogP contribution >= 0.6 is 0 Å². The average Bonchev–Trinajstić information content (AvgIpc) is 3.24. The van der Waals surface area contributed by atoms with Gasteiger partial charge in [-0.3, -0.25) is 14.7 Å². The molecule has 0 saturated carbocycles. The quantitative estimate of drug-likeness (QED) is 0.896. The van der Waals surface area contributed by atoms with Gasteiger partial charge in [-0.25, -0.2) is 4.79 Å². The molecule has 3 aliphatic heterocycles. The molecule has 1 aromatic carbocycles. The van der Waals surface area contributed by atoms with Crippen LogP contribution in [0.4, 0.5) is 16.2 Å². The Kier molecular flexibility index (Phi) is 4.30. The zero-order chi connectivity index (χ0) is 18.3. The maximum atomic E-state index is 12.8. The van der Waals surface area contributed by atoms with Gasteiger partial charge in [0.15, 0.2) is 0 Å². The summed E-state index contributed by atoms with van der Waals surface area (Å²) in [5, 5.41) is 0. The number of hydrogen-bond acceptors (Lipinski definition) is 4. The van der Waals surface area contributed by atoms with E-state index in [4.69, 9.17) is 5.73 Å². The topological polar surface area (TPSA) is 82.2 Å². The van der Waals surface area contributed by atoms with E-state index in [2.05, 4.69) is 16.8 Å². The minimum Gasteiger partial charge on any atom is -0.368 e. The number of rotatable bonds is 4. The first-order chi connectivity index (χ1) is 12.6. The van der Waals surface area contributed by atoms with Crippen LogP contribution in [-0.2, 0) is 4.79 Å². The first-order valence-corrected chi connectivity index (χ1v) is 9.42. The SMILES string of the molecule is CCC1=NCCCN1c1ccc(N2C(=O)N3CCC[C@@H]3C2C(N)=O)cc1. The zero-order valence-electron chi connectivity index (χ0n) is 15.1. The number of nitrogens with zero attached hydrogens (tertiary/aromatic N) is 4. The number of fused-ring (bicyclic) bond motifs is 1. The molecule has 0 spiro atoms. The molecular formula is C19H25N5O2. The molecule has 3 aliphatic rings. The van der Waals surface area contributed by atoms with Crippen LogP contribution in [0.5, 0.6) is 0 Å². The molecule has 3 amide bonds. The van der Waals surface area contributed by atoms with E-state index < -0.39 is 11.9 Å². The molecule has 2 atom stereocenters. The standard InChI is InChI=1S/C19H25N5O2/c1-2-16-21-10-4-12-22(16)13-6-8-14(9-7-13)24-17(18(20)25)15-5-3-11-23(15)19(24)26/h6-9,15,17H,2-5,10-12H2,1H3,(H2,20,25)/t15-,17?/m1/s1. The molecule has 0 radical (unpaired) electrons. The number of amides is 3. The minimum absolute atomic E-state index is 0.0967. The van der Waals surface area contributed by atoms with Crippen molar-refractivity contribution in [1.82, 2.24) is 4.90 Å². The molecule has 1 aromatic rings. The Labute approximate surface area is 153 Å². The largest absolute Gasteiger partial charge is 0.368 e. The van der Waals surface area contributed by atoms with Gasteiger partial charge in [0, 0.05) is 37.4 Å². The molecule has 26 heavy (non-hydrogen) atoms. The fraction of sp³-hybridized carbons (Fsp3) is 0.526. The van der Waals surface area contributed by atoms with Crippen LogP contribution in [0.25, 0.3) is 0 Å². The van der Waals surface area contributed by atoms with Crippen LogP contribution in [0.2, 0.25) is 0 Å². The second-order valence-electron chi connectivity index (χ2n) is 7.08. The third-order valence-corrected chi connectivity index (χ3v) is 5.59. The van der Waals surface area contributed by atoms with Crippen molar-refractivity contribution in [3.8, 4) is 0 Å². The molecule has 7 heteroatoms. The van der Waals surface area contributed by atoms with Gasteiger partial charge in [0.2, 0.25) is 5.91 Å². The van der Waals surface area contributed by atoms with Crippen LogP contribution in [-0.4, -0.2) is 54.4 Å². The van der Waals surface area contributed by atoms with E-state index in [0.717, 1.165) is 56.0 Å². The molecule has 3 heterocycles.